The molecule has 3 aromatic rings. The summed E-state index contributed by atoms with van der Waals surface area (Å²) in [6, 6.07) is 24.7. The van der Waals surface area contributed by atoms with E-state index in [0.29, 0.717) is 0 Å². The lowest BCUT2D eigenvalue weighted by Crippen LogP contribution is -2.47. The highest BCUT2D eigenvalue weighted by atomic mass is 16.2. The first-order valence-electron chi connectivity index (χ1n) is 8.80. The zero-order chi connectivity index (χ0) is 17.7. The van der Waals surface area contributed by atoms with Gasteiger partial charge in [0.05, 0.1) is 16.9 Å². The topological polar surface area (TPSA) is 32.3 Å². The molecule has 26 heavy (non-hydrogen) atoms. The number of carbonyl (C=O) groups excluding carboxylic acids is 1. The molecule has 3 heteroatoms. The normalized spacial score (nSPS) is 17.6. The van der Waals surface area contributed by atoms with Crippen LogP contribution in [-0.4, -0.2) is 5.91 Å². The summed E-state index contributed by atoms with van der Waals surface area (Å²) < 4.78 is 0. The Kier molecular flexibility index (Phi) is 3.22. The predicted molar refractivity (Wildman–Crippen MR) is 105 cm³/mol. The summed E-state index contributed by atoms with van der Waals surface area (Å²) in [6.07, 6.45) is 2.01. The minimum atomic E-state index is -0.201. The Labute approximate surface area is 152 Å². The fraction of sp³-hybridized carbons (Fsp3) is 0.0870. The number of amides is 1. The second kappa shape index (κ2) is 5.60. The molecule has 0 bridgehead atoms. The number of anilines is 1. The summed E-state index contributed by atoms with van der Waals surface area (Å²) >= 11 is 0. The van der Waals surface area contributed by atoms with Gasteiger partial charge in [-0.15, -0.1) is 0 Å². The molecule has 0 aliphatic carbocycles. The van der Waals surface area contributed by atoms with E-state index in [1.807, 2.05) is 55.5 Å². The van der Waals surface area contributed by atoms with Gasteiger partial charge in [-0.2, -0.15) is 0 Å². The van der Waals surface area contributed by atoms with Crippen LogP contribution in [0.3, 0.4) is 0 Å². The van der Waals surface area contributed by atoms with Gasteiger partial charge in [-0.05, 0) is 35.8 Å². The lowest BCUT2D eigenvalue weighted by Gasteiger charge is -2.44. The molecule has 0 unspecified atom stereocenters. The number of benzene rings is 3. The van der Waals surface area contributed by atoms with Gasteiger partial charge in [0.15, 0.2) is 0 Å². The van der Waals surface area contributed by atoms with Crippen molar-refractivity contribution in [2.75, 3.05) is 4.90 Å². The maximum Gasteiger partial charge on any atom is 0.255 e. The fourth-order valence-corrected chi connectivity index (χ4v) is 3.97. The quantitative estimate of drug-likeness (QED) is 0.694. The zero-order valence-electron chi connectivity index (χ0n) is 14.4. The minimum absolute atomic E-state index is 0.0107. The maximum absolute atomic E-state index is 12.9. The summed E-state index contributed by atoms with van der Waals surface area (Å²) in [6.45, 7) is 1.99. The van der Waals surface area contributed by atoms with E-state index in [4.69, 9.17) is 0 Å². The monoisotopic (exact) mass is 338 g/mol. The van der Waals surface area contributed by atoms with Crippen molar-refractivity contribution in [2.45, 2.75) is 13.1 Å². The van der Waals surface area contributed by atoms with Crippen molar-refractivity contribution in [2.24, 2.45) is 0 Å². The van der Waals surface area contributed by atoms with E-state index in [1.165, 1.54) is 0 Å². The number of rotatable bonds is 1. The Morgan fingerprint density at radius 3 is 2.50 bits per heavy atom. The van der Waals surface area contributed by atoms with E-state index >= 15 is 0 Å². The standard InChI is InChI=1S/C23H18N2O/c1-15-8-7-13-19-21(15)23(26)24-22-18-12-6-5-11-17(18)14-20(25(19)22)16-9-3-2-4-10-16/h2-14,22H,1H3,(H,24,26)/t22-/m0/s1. The smallest absolute Gasteiger partial charge is 0.255 e. The summed E-state index contributed by atoms with van der Waals surface area (Å²) in [7, 11) is 0. The van der Waals surface area contributed by atoms with Crippen molar-refractivity contribution < 1.29 is 4.79 Å². The molecule has 0 spiro atoms. The summed E-state index contributed by atoms with van der Waals surface area (Å²) in [5.74, 6) is -0.0107. The van der Waals surface area contributed by atoms with Gasteiger partial charge in [0.1, 0.15) is 6.17 Å². The average Bonchev–Trinajstić information content (AvgIpc) is 2.68. The molecular formula is C23H18N2O. The lowest BCUT2D eigenvalue weighted by atomic mass is 9.91. The maximum atomic E-state index is 12.9. The van der Waals surface area contributed by atoms with Crippen LogP contribution in [0.5, 0.6) is 0 Å². The SMILES string of the molecule is Cc1cccc2c1C(=O)N[C@@H]1c3ccccc3C=C(c3ccccc3)N21. The second-order valence-corrected chi connectivity index (χ2v) is 6.74. The number of nitrogens with one attached hydrogen (secondary N) is 1. The average molecular weight is 338 g/mol. The number of nitrogens with zero attached hydrogens (tertiary/aromatic N) is 1. The van der Waals surface area contributed by atoms with Gasteiger partial charge in [0.2, 0.25) is 0 Å². The second-order valence-electron chi connectivity index (χ2n) is 6.74. The highest BCUT2D eigenvalue weighted by molar-refractivity contribution is 6.08. The Bertz CT molecular complexity index is 1050. The molecule has 2 aliphatic heterocycles. The first-order chi connectivity index (χ1) is 12.7. The predicted octanol–water partition coefficient (Wildman–Crippen LogP) is 4.76. The number of hydrogen-bond donors (Lipinski definition) is 1. The number of aryl methyl sites for hydroxylation is 1. The van der Waals surface area contributed by atoms with Gasteiger partial charge >= 0.3 is 0 Å². The highest BCUT2D eigenvalue weighted by Crippen LogP contribution is 2.44. The van der Waals surface area contributed by atoms with E-state index in [2.05, 4.69) is 40.6 Å². The van der Waals surface area contributed by atoms with Crippen molar-refractivity contribution >= 4 is 23.4 Å². The molecule has 0 aromatic heterocycles. The van der Waals surface area contributed by atoms with Crippen molar-refractivity contribution in [3.8, 4) is 0 Å². The highest BCUT2D eigenvalue weighted by Gasteiger charge is 2.37. The molecule has 0 saturated carbocycles. The molecule has 1 atom stereocenters. The van der Waals surface area contributed by atoms with Crippen LogP contribution in [0.2, 0.25) is 0 Å². The van der Waals surface area contributed by atoms with Crippen LogP contribution < -0.4 is 10.2 Å². The first-order valence-corrected chi connectivity index (χ1v) is 8.80. The van der Waals surface area contributed by atoms with Gasteiger partial charge in [-0.3, -0.25) is 4.79 Å². The van der Waals surface area contributed by atoms with Crippen LogP contribution in [0.25, 0.3) is 11.8 Å². The summed E-state index contributed by atoms with van der Waals surface area (Å²) in [5.41, 5.74) is 7.20. The van der Waals surface area contributed by atoms with E-state index in [1.54, 1.807) is 0 Å². The Morgan fingerprint density at radius 2 is 1.65 bits per heavy atom. The largest absolute Gasteiger partial charge is 0.327 e. The van der Waals surface area contributed by atoms with Crippen molar-refractivity contribution in [1.29, 1.82) is 0 Å². The lowest BCUT2D eigenvalue weighted by molar-refractivity contribution is 0.0929. The molecule has 3 aromatic carbocycles. The van der Waals surface area contributed by atoms with Gasteiger partial charge in [0, 0.05) is 5.56 Å². The summed E-state index contributed by atoms with van der Waals surface area (Å²) in [5, 5.41) is 3.22. The molecule has 2 aliphatic rings. The third-order valence-corrected chi connectivity index (χ3v) is 5.18. The van der Waals surface area contributed by atoms with Crippen molar-refractivity contribution in [3.05, 3.63) is 101 Å². The fourth-order valence-electron chi connectivity index (χ4n) is 3.97. The molecule has 0 radical (unpaired) electrons. The van der Waals surface area contributed by atoms with Gasteiger partial charge < -0.3 is 10.2 Å². The van der Waals surface area contributed by atoms with Gasteiger partial charge in [-0.1, -0.05) is 66.7 Å². The molecule has 0 fully saturated rings. The Morgan fingerprint density at radius 1 is 0.885 bits per heavy atom. The van der Waals surface area contributed by atoms with Gasteiger partial charge in [0.25, 0.3) is 5.91 Å². The molecule has 1 amide bonds. The first kappa shape index (κ1) is 15.0. The van der Waals surface area contributed by atoms with E-state index in [9.17, 15) is 4.79 Å². The van der Waals surface area contributed by atoms with Crippen LogP contribution in [0.1, 0.15) is 38.8 Å². The molecule has 1 N–H and O–H groups in total. The number of fused-ring (bicyclic) bond motifs is 5. The molecule has 2 heterocycles. The van der Waals surface area contributed by atoms with Crippen LogP contribution in [0.15, 0.2) is 72.8 Å². The third kappa shape index (κ3) is 2.10. The van der Waals surface area contributed by atoms with E-state index in [-0.39, 0.29) is 12.1 Å². The van der Waals surface area contributed by atoms with Crippen LogP contribution in [-0.2, 0) is 0 Å². The van der Waals surface area contributed by atoms with Crippen LogP contribution in [0, 0.1) is 6.92 Å². The van der Waals surface area contributed by atoms with E-state index < -0.39 is 0 Å². The van der Waals surface area contributed by atoms with Gasteiger partial charge in [-0.25, -0.2) is 0 Å². The molecule has 3 nitrogen and oxygen atoms in total. The molecule has 126 valence electrons. The minimum Gasteiger partial charge on any atom is -0.327 e. The van der Waals surface area contributed by atoms with Crippen LogP contribution >= 0.6 is 0 Å². The summed E-state index contributed by atoms with van der Waals surface area (Å²) in [4.78, 5) is 15.1. The Hall–Kier alpha value is -3.33. The zero-order valence-corrected chi connectivity index (χ0v) is 14.4. The van der Waals surface area contributed by atoms with E-state index in [0.717, 1.165) is 39.2 Å². The van der Waals surface area contributed by atoms with Crippen molar-refractivity contribution in [3.63, 3.8) is 0 Å². The Balaban J connectivity index is 1.81. The molecule has 0 saturated heterocycles. The number of hydrogen-bond acceptors (Lipinski definition) is 2. The van der Waals surface area contributed by atoms with Crippen molar-refractivity contribution in [1.82, 2.24) is 5.32 Å². The third-order valence-electron chi connectivity index (χ3n) is 5.18. The molecular weight excluding hydrogens is 320 g/mol. The molecule has 5 rings (SSSR count). The number of carbonyl (C=O) groups is 1. The van der Waals surface area contributed by atoms with Crippen LogP contribution in [0.4, 0.5) is 5.69 Å².